The number of hydrogen-bond acceptors (Lipinski definition) is 6. The van der Waals surface area contributed by atoms with E-state index in [0.717, 1.165) is 6.92 Å². The van der Waals surface area contributed by atoms with Crippen LogP contribution in [0.5, 0.6) is 0 Å². The molecule has 2 aromatic rings. The van der Waals surface area contributed by atoms with Crippen molar-refractivity contribution < 1.29 is 33.3 Å². The Labute approximate surface area is 176 Å². The zero-order valence-electron chi connectivity index (χ0n) is 15.2. The Morgan fingerprint density at radius 1 is 1.03 bits per heavy atom. The van der Waals surface area contributed by atoms with Crippen molar-refractivity contribution in [2.45, 2.75) is 31.1 Å². The molecule has 0 saturated carbocycles. The predicted octanol–water partition coefficient (Wildman–Crippen LogP) is 3.82. The summed E-state index contributed by atoms with van der Waals surface area (Å²) < 4.78 is 30.4. The minimum absolute atomic E-state index is 0.142. The van der Waals surface area contributed by atoms with Crippen molar-refractivity contribution in [3.63, 3.8) is 0 Å². The fourth-order valence-corrected chi connectivity index (χ4v) is 3.04. The van der Waals surface area contributed by atoms with Crippen LogP contribution in [-0.2, 0) is 14.2 Å². The van der Waals surface area contributed by atoms with Crippen molar-refractivity contribution in [3.05, 3.63) is 69.7 Å². The number of aliphatic hydroxyl groups excluding tert-OH is 1. The van der Waals surface area contributed by atoms with Crippen molar-refractivity contribution in [3.8, 4) is 0 Å². The number of carbonyl (C=O) groups is 2. The third-order valence-electron chi connectivity index (χ3n) is 4.45. The molecule has 3 unspecified atom stereocenters. The summed E-state index contributed by atoms with van der Waals surface area (Å²) in [5.41, 5.74) is -2.03. The van der Waals surface area contributed by atoms with E-state index >= 15 is 0 Å². The van der Waals surface area contributed by atoms with Crippen LogP contribution >= 0.6 is 23.2 Å². The van der Waals surface area contributed by atoms with E-state index in [-0.39, 0.29) is 11.1 Å². The van der Waals surface area contributed by atoms with Crippen LogP contribution < -0.4 is 0 Å². The van der Waals surface area contributed by atoms with Crippen molar-refractivity contribution in [2.75, 3.05) is 6.61 Å². The van der Waals surface area contributed by atoms with Crippen molar-refractivity contribution >= 4 is 35.1 Å². The molecule has 154 valence electrons. The molecule has 1 fully saturated rings. The summed E-state index contributed by atoms with van der Waals surface area (Å²) in [6.45, 7) is 0.606. The van der Waals surface area contributed by atoms with Crippen molar-refractivity contribution in [1.29, 1.82) is 0 Å². The Morgan fingerprint density at radius 2 is 1.52 bits per heavy atom. The van der Waals surface area contributed by atoms with E-state index in [4.69, 9.17) is 37.4 Å². The first-order valence-electron chi connectivity index (χ1n) is 8.60. The highest BCUT2D eigenvalue weighted by atomic mass is 35.5. The fraction of sp³-hybridized carbons (Fsp3) is 0.300. The highest BCUT2D eigenvalue weighted by Gasteiger charge is 2.57. The van der Waals surface area contributed by atoms with Crippen molar-refractivity contribution in [2.24, 2.45) is 0 Å². The van der Waals surface area contributed by atoms with Gasteiger partial charge in [0.25, 0.3) is 0 Å². The minimum Gasteiger partial charge on any atom is -0.459 e. The lowest BCUT2D eigenvalue weighted by Gasteiger charge is -2.25. The zero-order chi connectivity index (χ0) is 21.2. The third-order valence-corrected chi connectivity index (χ3v) is 4.96. The lowest BCUT2D eigenvalue weighted by molar-refractivity contribution is -0.144. The molecule has 1 aliphatic heterocycles. The summed E-state index contributed by atoms with van der Waals surface area (Å²) in [5, 5.41) is 10.7. The van der Waals surface area contributed by atoms with Gasteiger partial charge in [-0.1, -0.05) is 23.2 Å². The number of halogens is 3. The first kappa shape index (κ1) is 21.5. The van der Waals surface area contributed by atoms with Gasteiger partial charge >= 0.3 is 11.9 Å². The van der Waals surface area contributed by atoms with Gasteiger partial charge in [0.05, 0.1) is 11.1 Å². The number of benzene rings is 2. The molecular weight excluding hydrogens is 426 g/mol. The topological polar surface area (TPSA) is 82.1 Å². The monoisotopic (exact) mass is 442 g/mol. The SMILES string of the molecule is C[C@]1(F)C(O)OC(COC(=O)c2ccc(Cl)cc2)C1OC(=O)c1ccc(Cl)cc1. The summed E-state index contributed by atoms with van der Waals surface area (Å²) >= 11 is 11.6. The van der Waals surface area contributed by atoms with Crippen LogP contribution in [0.25, 0.3) is 0 Å². The Balaban J connectivity index is 1.69. The summed E-state index contributed by atoms with van der Waals surface area (Å²) in [6, 6.07) is 11.8. The van der Waals surface area contributed by atoms with E-state index in [2.05, 4.69) is 0 Å². The predicted molar refractivity (Wildman–Crippen MR) is 103 cm³/mol. The molecule has 29 heavy (non-hydrogen) atoms. The van der Waals surface area contributed by atoms with Gasteiger partial charge in [0.15, 0.2) is 18.1 Å². The molecule has 0 aromatic heterocycles. The molecule has 4 atom stereocenters. The molecule has 0 amide bonds. The highest BCUT2D eigenvalue weighted by molar-refractivity contribution is 6.30. The lowest BCUT2D eigenvalue weighted by Crippen LogP contribution is -2.45. The molecule has 0 bridgehead atoms. The molecule has 0 aliphatic carbocycles. The molecule has 9 heteroatoms. The Hall–Kier alpha value is -2.19. The summed E-state index contributed by atoms with van der Waals surface area (Å²) in [7, 11) is 0. The van der Waals surface area contributed by atoms with Crippen LogP contribution in [0, 0.1) is 0 Å². The van der Waals surface area contributed by atoms with Gasteiger partial charge in [-0.3, -0.25) is 0 Å². The van der Waals surface area contributed by atoms with Crippen LogP contribution in [0.1, 0.15) is 27.6 Å². The third kappa shape index (κ3) is 4.87. The summed E-state index contributed by atoms with van der Waals surface area (Å²) in [5.74, 6) is -1.53. The first-order valence-corrected chi connectivity index (χ1v) is 9.36. The number of ether oxygens (including phenoxy) is 3. The molecular formula is C20H17Cl2FO6. The van der Waals surface area contributed by atoms with Crippen LogP contribution in [0.15, 0.2) is 48.5 Å². The molecule has 1 N–H and O–H groups in total. The van der Waals surface area contributed by atoms with Gasteiger partial charge in [0.1, 0.15) is 12.7 Å². The standard InChI is InChI=1S/C20H17Cl2FO6/c1-20(23)16(29-18(25)12-4-8-14(22)9-5-12)15(28-19(20)26)10-27-17(24)11-2-6-13(21)7-3-11/h2-9,15-16,19,26H,10H2,1H3/t15?,16?,19?,20-/m1/s1. The van der Waals surface area contributed by atoms with Gasteiger partial charge in [-0.25, -0.2) is 14.0 Å². The molecule has 3 rings (SSSR count). The maximum Gasteiger partial charge on any atom is 0.338 e. The minimum atomic E-state index is -2.40. The zero-order valence-corrected chi connectivity index (χ0v) is 16.7. The molecule has 1 aliphatic rings. The van der Waals surface area contributed by atoms with E-state index in [1.807, 2.05) is 0 Å². The molecule has 1 saturated heterocycles. The smallest absolute Gasteiger partial charge is 0.338 e. The maximum atomic E-state index is 14.9. The highest BCUT2D eigenvalue weighted by Crippen LogP contribution is 2.36. The van der Waals surface area contributed by atoms with E-state index < -0.39 is 42.7 Å². The van der Waals surface area contributed by atoms with Gasteiger partial charge in [0.2, 0.25) is 0 Å². The number of alkyl halides is 1. The molecule has 0 radical (unpaired) electrons. The molecule has 6 nitrogen and oxygen atoms in total. The largest absolute Gasteiger partial charge is 0.459 e. The number of carbonyl (C=O) groups excluding carboxylic acids is 2. The second-order valence-electron chi connectivity index (χ2n) is 6.62. The van der Waals surface area contributed by atoms with E-state index in [0.29, 0.717) is 10.0 Å². The number of rotatable bonds is 5. The second kappa shape index (κ2) is 8.67. The summed E-state index contributed by atoms with van der Waals surface area (Å²) in [6.07, 6.45) is -4.56. The Kier molecular flexibility index (Phi) is 6.43. The number of hydrogen-bond donors (Lipinski definition) is 1. The van der Waals surface area contributed by atoms with Gasteiger partial charge in [-0.15, -0.1) is 0 Å². The van der Waals surface area contributed by atoms with Crippen LogP contribution in [0.2, 0.25) is 10.0 Å². The van der Waals surface area contributed by atoms with Crippen molar-refractivity contribution in [1.82, 2.24) is 0 Å². The van der Waals surface area contributed by atoms with Gasteiger partial charge in [0, 0.05) is 10.0 Å². The second-order valence-corrected chi connectivity index (χ2v) is 7.49. The van der Waals surface area contributed by atoms with Crippen LogP contribution in [-0.4, -0.2) is 47.8 Å². The Morgan fingerprint density at radius 3 is 2.03 bits per heavy atom. The average Bonchev–Trinajstić information content (AvgIpc) is 2.90. The summed E-state index contributed by atoms with van der Waals surface area (Å²) in [4.78, 5) is 24.5. The van der Waals surface area contributed by atoms with E-state index in [9.17, 15) is 19.1 Å². The van der Waals surface area contributed by atoms with Gasteiger partial charge in [-0.2, -0.15) is 0 Å². The quantitative estimate of drug-likeness (QED) is 0.708. The lowest BCUT2D eigenvalue weighted by atomic mass is 9.99. The number of aliphatic hydroxyl groups is 1. The van der Waals surface area contributed by atoms with Gasteiger partial charge < -0.3 is 19.3 Å². The average molecular weight is 443 g/mol. The molecule has 2 aromatic carbocycles. The Bertz CT molecular complexity index is 885. The van der Waals surface area contributed by atoms with Gasteiger partial charge in [-0.05, 0) is 55.5 Å². The van der Waals surface area contributed by atoms with E-state index in [1.54, 1.807) is 0 Å². The van der Waals surface area contributed by atoms with E-state index in [1.165, 1.54) is 48.5 Å². The maximum absolute atomic E-state index is 14.9. The normalized spacial score (nSPS) is 26.2. The van der Waals surface area contributed by atoms with Crippen LogP contribution in [0.4, 0.5) is 4.39 Å². The number of esters is 2. The molecule has 1 heterocycles. The van der Waals surface area contributed by atoms with Crippen LogP contribution in [0.3, 0.4) is 0 Å². The fourth-order valence-electron chi connectivity index (χ4n) is 2.79. The first-order chi connectivity index (χ1) is 13.7. The molecule has 0 spiro atoms.